The highest BCUT2D eigenvalue weighted by atomic mass is 16.5. The third kappa shape index (κ3) is 4.81. The molecule has 1 atom stereocenters. The lowest BCUT2D eigenvalue weighted by molar-refractivity contribution is 0.00732. The Morgan fingerprint density at radius 2 is 2.06 bits per heavy atom. The van der Waals surface area contributed by atoms with Crippen LogP contribution in [0.25, 0.3) is 0 Å². The van der Waals surface area contributed by atoms with Gasteiger partial charge in [0.1, 0.15) is 0 Å². The van der Waals surface area contributed by atoms with Crippen LogP contribution in [0.3, 0.4) is 0 Å². The molecule has 1 aliphatic heterocycles. The van der Waals surface area contributed by atoms with E-state index in [2.05, 4.69) is 5.32 Å². The molecule has 0 bridgehead atoms. The van der Waals surface area contributed by atoms with Crippen molar-refractivity contribution in [3.05, 3.63) is 0 Å². The van der Waals surface area contributed by atoms with Crippen molar-refractivity contribution in [1.29, 1.82) is 0 Å². The monoisotopic (exact) mass is 229 g/mol. The predicted octanol–water partition coefficient (Wildman–Crippen LogP) is 2.09. The van der Waals surface area contributed by atoms with Crippen molar-refractivity contribution in [3.63, 3.8) is 0 Å². The largest absolute Gasteiger partial charge is 0.389 e. The molecule has 0 saturated carbocycles. The Hall–Kier alpha value is -0.120. The van der Waals surface area contributed by atoms with Gasteiger partial charge in [0.2, 0.25) is 0 Å². The first kappa shape index (κ1) is 13.9. The first-order valence-electron chi connectivity index (χ1n) is 6.75. The highest BCUT2D eigenvalue weighted by molar-refractivity contribution is 4.77. The average molecular weight is 229 g/mol. The molecule has 0 aromatic heterocycles. The van der Waals surface area contributed by atoms with E-state index in [4.69, 9.17) is 4.74 Å². The molecule has 0 spiro atoms. The Balaban J connectivity index is 2.06. The SMILES string of the molecule is CCC(O)(CC)CNCCC1CCCCO1. The number of aliphatic hydroxyl groups is 1. The maximum absolute atomic E-state index is 10.1. The number of hydrogen-bond acceptors (Lipinski definition) is 3. The second-order valence-corrected chi connectivity index (χ2v) is 4.89. The van der Waals surface area contributed by atoms with Crippen LogP contribution in [0.4, 0.5) is 0 Å². The van der Waals surface area contributed by atoms with Crippen LogP contribution < -0.4 is 5.32 Å². The van der Waals surface area contributed by atoms with Crippen LogP contribution in [-0.4, -0.2) is 36.5 Å². The van der Waals surface area contributed by atoms with Gasteiger partial charge in [-0.2, -0.15) is 0 Å². The molecule has 96 valence electrons. The van der Waals surface area contributed by atoms with Gasteiger partial charge in [0, 0.05) is 13.2 Å². The third-order valence-corrected chi connectivity index (χ3v) is 3.69. The Morgan fingerprint density at radius 1 is 1.31 bits per heavy atom. The van der Waals surface area contributed by atoms with E-state index in [0.717, 1.165) is 32.4 Å². The summed E-state index contributed by atoms with van der Waals surface area (Å²) < 4.78 is 5.66. The van der Waals surface area contributed by atoms with Crippen molar-refractivity contribution in [3.8, 4) is 0 Å². The van der Waals surface area contributed by atoms with Crippen LogP contribution in [0.15, 0.2) is 0 Å². The molecule has 0 radical (unpaired) electrons. The predicted molar refractivity (Wildman–Crippen MR) is 66.6 cm³/mol. The van der Waals surface area contributed by atoms with Gasteiger partial charge in [-0.3, -0.25) is 0 Å². The van der Waals surface area contributed by atoms with Gasteiger partial charge in [-0.1, -0.05) is 13.8 Å². The zero-order chi connectivity index (χ0) is 11.9. The Bertz CT molecular complexity index is 175. The molecule has 3 heteroatoms. The van der Waals surface area contributed by atoms with Gasteiger partial charge in [-0.05, 0) is 45.1 Å². The molecule has 3 nitrogen and oxygen atoms in total. The van der Waals surface area contributed by atoms with Crippen molar-refractivity contribution < 1.29 is 9.84 Å². The molecule has 1 fully saturated rings. The third-order valence-electron chi connectivity index (χ3n) is 3.69. The summed E-state index contributed by atoms with van der Waals surface area (Å²) >= 11 is 0. The fraction of sp³-hybridized carbons (Fsp3) is 1.00. The standard InChI is InChI=1S/C13H27NO2/c1-3-13(15,4-2)11-14-9-8-12-7-5-6-10-16-12/h12,14-15H,3-11H2,1-2H3. The van der Waals surface area contributed by atoms with Crippen molar-refractivity contribution in [1.82, 2.24) is 5.32 Å². The number of rotatable bonds is 7. The zero-order valence-electron chi connectivity index (χ0n) is 10.8. The van der Waals surface area contributed by atoms with Gasteiger partial charge < -0.3 is 15.2 Å². The van der Waals surface area contributed by atoms with E-state index < -0.39 is 5.60 Å². The molecule has 1 saturated heterocycles. The summed E-state index contributed by atoms with van der Waals surface area (Å²) in [6.07, 6.45) is 6.87. The van der Waals surface area contributed by atoms with Crippen LogP contribution in [0.2, 0.25) is 0 Å². The van der Waals surface area contributed by atoms with Crippen molar-refractivity contribution >= 4 is 0 Å². The fourth-order valence-electron chi connectivity index (χ4n) is 2.12. The maximum Gasteiger partial charge on any atom is 0.0766 e. The number of nitrogens with one attached hydrogen (secondary N) is 1. The molecule has 1 heterocycles. The molecule has 0 aliphatic carbocycles. The van der Waals surface area contributed by atoms with E-state index in [1.807, 2.05) is 13.8 Å². The van der Waals surface area contributed by atoms with E-state index >= 15 is 0 Å². The van der Waals surface area contributed by atoms with E-state index in [1.165, 1.54) is 19.3 Å². The maximum atomic E-state index is 10.1. The van der Waals surface area contributed by atoms with Crippen LogP contribution in [0.5, 0.6) is 0 Å². The van der Waals surface area contributed by atoms with Crippen LogP contribution in [-0.2, 0) is 4.74 Å². The molecule has 0 aromatic rings. The second-order valence-electron chi connectivity index (χ2n) is 4.89. The molecule has 1 unspecified atom stereocenters. The Kier molecular flexibility index (Phi) is 6.32. The lowest BCUT2D eigenvalue weighted by Gasteiger charge is -2.27. The Morgan fingerprint density at radius 3 is 2.62 bits per heavy atom. The fourth-order valence-corrected chi connectivity index (χ4v) is 2.12. The smallest absolute Gasteiger partial charge is 0.0766 e. The summed E-state index contributed by atoms with van der Waals surface area (Å²) in [6.45, 7) is 6.66. The topological polar surface area (TPSA) is 41.5 Å². The van der Waals surface area contributed by atoms with Crippen LogP contribution in [0.1, 0.15) is 52.4 Å². The molecule has 2 N–H and O–H groups in total. The summed E-state index contributed by atoms with van der Waals surface area (Å²) in [5.74, 6) is 0. The molecule has 0 aromatic carbocycles. The zero-order valence-corrected chi connectivity index (χ0v) is 10.8. The van der Waals surface area contributed by atoms with Crippen LogP contribution >= 0.6 is 0 Å². The average Bonchev–Trinajstić information content (AvgIpc) is 2.36. The van der Waals surface area contributed by atoms with Gasteiger partial charge in [0.25, 0.3) is 0 Å². The summed E-state index contributed by atoms with van der Waals surface area (Å²) in [4.78, 5) is 0. The normalized spacial score (nSPS) is 22.3. The minimum atomic E-state index is -0.520. The van der Waals surface area contributed by atoms with E-state index in [-0.39, 0.29) is 0 Å². The highest BCUT2D eigenvalue weighted by Crippen LogP contribution is 2.16. The van der Waals surface area contributed by atoms with E-state index in [9.17, 15) is 5.11 Å². The van der Waals surface area contributed by atoms with Gasteiger partial charge >= 0.3 is 0 Å². The molecule has 1 rings (SSSR count). The van der Waals surface area contributed by atoms with Gasteiger partial charge in [0.15, 0.2) is 0 Å². The summed E-state index contributed by atoms with van der Waals surface area (Å²) in [7, 11) is 0. The first-order chi connectivity index (χ1) is 7.70. The summed E-state index contributed by atoms with van der Waals surface area (Å²) in [5, 5.41) is 13.4. The molecular formula is C13H27NO2. The van der Waals surface area contributed by atoms with E-state index in [1.54, 1.807) is 0 Å². The molecule has 0 amide bonds. The van der Waals surface area contributed by atoms with Gasteiger partial charge in [-0.25, -0.2) is 0 Å². The number of ether oxygens (including phenoxy) is 1. The minimum absolute atomic E-state index is 0.442. The van der Waals surface area contributed by atoms with Crippen LogP contribution in [0, 0.1) is 0 Å². The molecule has 16 heavy (non-hydrogen) atoms. The quantitative estimate of drug-likeness (QED) is 0.657. The Labute approximate surface area is 99.6 Å². The lowest BCUT2D eigenvalue weighted by atomic mass is 9.97. The highest BCUT2D eigenvalue weighted by Gasteiger charge is 2.21. The lowest BCUT2D eigenvalue weighted by Crippen LogP contribution is -2.40. The van der Waals surface area contributed by atoms with Crippen molar-refractivity contribution in [2.45, 2.75) is 64.1 Å². The van der Waals surface area contributed by atoms with Crippen molar-refractivity contribution in [2.75, 3.05) is 19.7 Å². The van der Waals surface area contributed by atoms with Gasteiger partial charge in [-0.15, -0.1) is 0 Å². The molecular weight excluding hydrogens is 202 g/mol. The number of hydrogen-bond donors (Lipinski definition) is 2. The summed E-state index contributed by atoms with van der Waals surface area (Å²) in [6, 6.07) is 0. The van der Waals surface area contributed by atoms with Crippen molar-refractivity contribution in [2.24, 2.45) is 0 Å². The van der Waals surface area contributed by atoms with Gasteiger partial charge in [0.05, 0.1) is 11.7 Å². The summed E-state index contributed by atoms with van der Waals surface area (Å²) in [5.41, 5.74) is -0.520. The second kappa shape index (κ2) is 7.25. The first-order valence-corrected chi connectivity index (χ1v) is 6.75. The van der Waals surface area contributed by atoms with E-state index in [0.29, 0.717) is 12.6 Å². The minimum Gasteiger partial charge on any atom is -0.389 e. The molecule has 1 aliphatic rings.